The zero-order chi connectivity index (χ0) is 8.31. The molecular weight excluding hydrogens is 231 g/mol. The largest absolute Gasteiger partial charge is 4.00 e. The average Bonchev–Trinajstić information content (AvgIpc) is 1.84. The summed E-state index contributed by atoms with van der Waals surface area (Å²) in [6.45, 7) is 0. The van der Waals surface area contributed by atoms with E-state index in [4.69, 9.17) is 10.2 Å². The van der Waals surface area contributed by atoms with Crippen molar-refractivity contribution in [3.05, 3.63) is 0 Å². The molecule has 0 spiro atoms. The summed E-state index contributed by atoms with van der Waals surface area (Å²) in [4.78, 5) is 19.3. The summed E-state index contributed by atoms with van der Waals surface area (Å²) in [5, 5.41) is 35.7. The van der Waals surface area contributed by atoms with Crippen molar-refractivity contribution in [1.82, 2.24) is 0 Å². The molecule has 2 unspecified atom stereocenters. The molecule has 0 amide bonds. The fourth-order valence-electron chi connectivity index (χ4n) is 0.258. The molecule has 0 radical (unpaired) electrons. The Hall–Kier alpha value is 1.21. The van der Waals surface area contributed by atoms with Crippen LogP contribution >= 0.6 is 0 Å². The SMILES string of the molecule is O=C([O-])C(O)C(O)C(=O)[O-].[K+].[Ti+4]. The fraction of sp³-hybridized carbons (Fsp3) is 0.500. The molecule has 0 aromatic heterocycles. The number of aliphatic hydroxyl groups is 2. The summed E-state index contributed by atoms with van der Waals surface area (Å²) in [6.07, 6.45) is -4.88. The van der Waals surface area contributed by atoms with Gasteiger partial charge in [-0.05, 0) is 0 Å². The fourth-order valence-corrected chi connectivity index (χ4v) is 0.258. The number of carboxylic acids is 2. The maximum Gasteiger partial charge on any atom is 4.00 e. The average molecular weight is 235 g/mol. The Kier molecular flexibility index (Phi) is 13.8. The standard InChI is InChI=1S/C4H6O6.K.Ti/c5-1(3(7)8)2(6)4(9)10;;/h1-2,5-6H,(H,7,8)(H,9,10);;/q;+1;+4/p-2. The summed E-state index contributed by atoms with van der Waals surface area (Å²) in [5.41, 5.74) is 0. The summed E-state index contributed by atoms with van der Waals surface area (Å²) in [6, 6.07) is 0. The van der Waals surface area contributed by atoms with Crippen molar-refractivity contribution in [3.8, 4) is 0 Å². The van der Waals surface area contributed by atoms with Crippen LogP contribution in [0, 0.1) is 0 Å². The molecule has 0 aliphatic carbocycles. The molecule has 0 rings (SSSR count). The Bertz CT molecular complexity index is 144. The second-order valence-corrected chi connectivity index (χ2v) is 1.53. The van der Waals surface area contributed by atoms with Crippen LogP contribution in [0.2, 0.25) is 0 Å². The minimum atomic E-state index is -2.44. The second kappa shape index (κ2) is 8.79. The number of hydrogen-bond acceptors (Lipinski definition) is 6. The molecule has 0 heterocycles. The van der Waals surface area contributed by atoms with E-state index >= 15 is 0 Å². The monoisotopic (exact) mass is 235 g/mol. The van der Waals surface area contributed by atoms with Crippen molar-refractivity contribution in [3.63, 3.8) is 0 Å². The zero-order valence-electron chi connectivity index (χ0n) is 6.18. The van der Waals surface area contributed by atoms with Crippen LogP contribution in [0.5, 0.6) is 0 Å². The molecule has 12 heavy (non-hydrogen) atoms. The van der Waals surface area contributed by atoms with Gasteiger partial charge in [0, 0.05) is 0 Å². The van der Waals surface area contributed by atoms with Crippen LogP contribution in [-0.4, -0.2) is 34.4 Å². The quantitative estimate of drug-likeness (QED) is 0.468. The molecule has 0 aromatic rings. The Morgan fingerprint density at radius 1 is 1.00 bits per heavy atom. The van der Waals surface area contributed by atoms with E-state index in [0.717, 1.165) is 0 Å². The molecule has 0 saturated carbocycles. The minimum absolute atomic E-state index is 0. The molecule has 6 nitrogen and oxygen atoms in total. The van der Waals surface area contributed by atoms with Gasteiger partial charge < -0.3 is 30.0 Å². The normalized spacial score (nSPS) is 13.2. The van der Waals surface area contributed by atoms with E-state index in [9.17, 15) is 19.8 Å². The van der Waals surface area contributed by atoms with Crippen molar-refractivity contribution >= 4 is 11.9 Å². The van der Waals surface area contributed by atoms with E-state index < -0.39 is 24.1 Å². The van der Waals surface area contributed by atoms with Gasteiger partial charge in [-0.15, -0.1) is 0 Å². The van der Waals surface area contributed by atoms with Crippen molar-refractivity contribution in [2.24, 2.45) is 0 Å². The predicted octanol–water partition coefficient (Wildman–Crippen LogP) is -7.79. The van der Waals surface area contributed by atoms with Gasteiger partial charge in [0.1, 0.15) is 12.2 Å². The van der Waals surface area contributed by atoms with Gasteiger partial charge in [0.15, 0.2) is 0 Å². The molecule has 0 fully saturated rings. The maximum absolute atomic E-state index is 9.63. The van der Waals surface area contributed by atoms with Crippen molar-refractivity contribution in [1.29, 1.82) is 0 Å². The number of carboxylic acid groups (broad SMARTS) is 2. The Labute approximate surface area is 125 Å². The van der Waals surface area contributed by atoms with Crippen molar-refractivity contribution < 1.29 is 103 Å². The molecule has 8 heteroatoms. The first-order valence-electron chi connectivity index (χ1n) is 2.24. The minimum Gasteiger partial charge on any atom is -0.547 e. The van der Waals surface area contributed by atoms with Crippen LogP contribution in [0.25, 0.3) is 0 Å². The Balaban J connectivity index is -0.000000405. The van der Waals surface area contributed by atoms with Gasteiger partial charge in [0.2, 0.25) is 0 Å². The Morgan fingerprint density at radius 3 is 1.25 bits per heavy atom. The van der Waals surface area contributed by atoms with Crippen molar-refractivity contribution in [2.75, 3.05) is 0 Å². The Morgan fingerprint density at radius 2 is 1.17 bits per heavy atom. The topological polar surface area (TPSA) is 121 Å². The first-order chi connectivity index (χ1) is 4.46. The molecule has 2 atom stereocenters. The van der Waals surface area contributed by atoms with Gasteiger partial charge in [0.25, 0.3) is 0 Å². The summed E-state index contributed by atoms with van der Waals surface area (Å²) in [5.74, 6) is -4.12. The molecule has 0 aliphatic heterocycles. The smallest absolute Gasteiger partial charge is 0.547 e. The van der Waals surface area contributed by atoms with E-state index in [1.807, 2.05) is 0 Å². The maximum atomic E-state index is 9.63. The third-order valence-corrected chi connectivity index (χ3v) is 0.782. The molecule has 2 N–H and O–H groups in total. The molecule has 0 bridgehead atoms. The second-order valence-electron chi connectivity index (χ2n) is 1.53. The number of aliphatic carboxylic acids is 2. The van der Waals surface area contributed by atoms with Crippen LogP contribution in [0.15, 0.2) is 0 Å². The number of hydrogen-bond donors (Lipinski definition) is 2. The number of rotatable bonds is 3. The van der Waals surface area contributed by atoms with Gasteiger partial charge in [-0.1, -0.05) is 0 Å². The number of carbonyl (C=O) groups is 2. The van der Waals surface area contributed by atoms with Crippen LogP contribution in [0.3, 0.4) is 0 Å². The molecule has 0 saturated heterocycles. The van der Waals surface area contributed by atoms with Gasteiger partial charge in [-0.25, -0.2) is 0 Å². The van der Waals surface area contributed by atoms with Crippen LogP contribution < -0.4 is 61.6 Å². The zero-order valence-corrected chi connectivity index (χ0v) is 10.9. The summed E-state index contributed by atoms with van der Waals surface area (Å²) >= 11 is 0. The molecule has 58 valence electrons. The first kappa shape index (κ1) is 18.9. The van der Waals surface area contributed by atoms with E-state index in [0.29, 0.717) is 0 Å². The predicted molar refractivity (Wildman–Crippen MR) is 22.0 cm³/mol. The van der Waals surface area contributed by atoms with Gasteiger partial charge in [-0.2, -0.15) is 0 Å². The third kappa shape index (κ3) is 6.70. The first-order valence-corrected chi connectivity index (χ1v) is 2.24. The third-order valence-electron chi connectivity index (χ3n) is 0.782. The van der Waals surface area contributed by atoms with Gasteiger partial charge in [-0.3, -0.25) is 0 Å². The van der Waals surface area contributed by atoms with Gasteiger partial charge >= 0.3 is 73.1 Å². The van der Waals surface area contributed by atoms with Crippen molar-refractivity contribution in [2.45, 2.75) is 12.2 Å². The molecule has 0 aromatic carbocycles. The summed E-state index contributed by atoms with van der Waals surface area (Å²) in [7, 11) is 0. The molecule has 0 aliphatic rings. The van der Waals surface area contributed by atoms with E-state index in [1.54, 1.807) is 0 Å². The number of carbonyl (C=O) groups excluding carboxylic acids is 2. The number of aliphatic hydroxyl groups excluding tert-OH is 2. The van der Waals surface area contributed by atoms with E-state index in [-0.39, 0.29) is 73.1 Å². The van der Waals surface area contributed by atoms with Crippen LogP contribution in [0.4, 0.5) is 0 Å². The van der Waals surface area contributed by atoms with Crippen LogP contribution in [-0.2, 0) is 31.3 Å². The summed E-state index contributed by atoms with van der Waals surface area (Å²) < 4.78 is 0. The van der Waals surface area contributed by atoms with Crippen LogP contribution in [0.1, 0.15) is 0 Å². The van der Waals surface area contributed by atoms with E-state index in [1.165, 1.54) is 0 Å². The van der Waals surface area contributed by atoms with E-state index in [2.05, 4.69) is 0 Å². The molecular formula is C4H4KO6Ti+3. The van der Waals surface area contributed by atoms with Gasteiger partial charge in [0.05, 0.1) is 11.9 Å².